The molecule has 1 aliphatic heterocycles. The summed E-state index contributed by atoms with van der Waals surface area (Å²) in [6.07, 6.45) is 0. The highest BCUT2D eigenvalue weighted by Gasteiger charge is 2.27. The molecule has 0 radical (unpaired) electrons. The average Bonchev–Trinajstić information content (AvgIpc) is 3.22. The first kappa shape index (κ1) is 20.5. The normalized spacial score (nSPS) is 15.3. The molecule has 2 heterocycles. The van der Waals surface area contributed by atoms with Crippen LogP contribution in [0.25, 0.3) is 11.4 Å². The van der Waals surface area contributed by atoms with Crippen LogP contribution < -0.4 is 4.90 Å². The van der Waals surface area contributed by atoms with Gasteiger partial charge in [-0.3, -0.25) is 4.79 Å². The van der Waals surface area contributed by atoms with Gasteiger partial charge in [0.25, 0.3) is 0 Å². The van der Waals surface area contributed by atoms with Crippen molar-refractivity contribution in [3.8, 4) is 11.4 Å². The van der Waals surface area contributed by atoms with Crippen LogP contribution in [-0.4, -0.2) is 57.0 Å². The van der Waals surface area contributed by atoms with E-state index in [-0.39, 0.29) is 11.2 Å². The molecule has 1 aromatic heterocycles. The topological polar surface area (TPSA) is 54.3 Å². The molecule has 156 valence electrons. The Morgan fingerprint density at radius 3 is 2.23 bits per heavy atom. The van der Waals surface area contributed by atoms with Gasteiger partial charge in [0, 0.05) is 44.0 Å². The Morgan fingerprint density at radius 1 is 0.967 bits per heavy atom. The van der Waals surface area contributed by atoms with E-state index >= 15 is 0 Å². The Bertz CT molecular complexity index is 968. The number of thioether (sulfide) groups is 1. The maximum absolute atomic E-state index is 13.1. The summed E-state index contributed by atoms with van der Waals surface area (Å²) in [7, 11) is 0. The molecule has 1 aliphatic rings. The highest BCUT2D eigenvalue weighted by atomic mass is 32.2. The van der Waals surface area contributed by atoms with E-state index in [1.165, 1.54) is 17.4 Å². The molecule has 7 heteroatoms. The van der Waals surface area contributed by atoms with Gasteiger partial charge >= 0.3 is 0 Å². The number of hydrogen-bond donors (Lipinski definition) is 0. The van der Waals surface area contributed by atoms with Gasteiger partial charge in [-0.2, -0.15) is 0 Å². The van der Waals surface area contributed by atoms with Gasteiger partial charge in [-0.15, -0.1) is 10.2 Å². The number of carbonyl (C=O) groups excluding carboxylic acids is 1. The van der Waals surface area contributed by atoms with Gasteiger partial charge in [0.15, 0.2) is 11.0 Å². The first-order valence-electron chi connectivity index (χ1n) is 10.4. The summed E-state index contributed by atoms with van der Waals surface area (Å²) in [5, 5.41) is 9.36. The van der Waals surface area contributed by atoms with Crippen LogP contribution in [0, 0.1) is 0 Å². The molecule has 0 N–H and O–H groups in total. The molecule has 1 fully saturated rings. The number of nitrogens with zero attached hydrogens (tertiary/aromatic N) is 5. The minimum absolute atomic E-state index is 0.166. The zero-order chi connectivity index (χ0) is 20.9. The third-order valence-electron chi connectivity index (χ3n) is 5.41. The summed E-state index contributed by atoms with van der Waals surface area (Å²) >= 11 is 1.49. The largest absolute Gasteiger partial charge is 0.368 e. The molecule has 0 aliphatic carbocycles. The Balaban J connectivity index is 1.39. The predicted octanol–water partition coefficient (Wildman–Crippen LogP) is 3.79. The smallest absolute Gasteiger partial charge is 0.236 e. The van der Waals surface area contributed by atoms with Crippen molar-refractivity contribution in [1.29, 1.82) is 0 Å². The van der Waals surface area contributed by atoms with Gasteiger partial charge in [0.2, 0.25) is 5.91 Å². The standard InChI is InChI=1S/C23H27N5OS/c1-3-28-21(19-10-6-4-7-11-19)24-25-23(28)30-18(2)22(29)27-16-14-26(15-17-27)20-12-8-5-9-13-20/h4-13,18H,3,14-17H2,1-2H3/t18-/m1/s1. The third-order valence-corrected chi connectivity index (χ3v) is 6.48. The van der Waals surface area contributed by atoms with E-state index < -0.39 is 0 Å². The lowest BCUT2D eigenvalue weighted by Gasteiger charge is -2.37. The summed E-state index contributed by atoms with van der Waals surface area (Å²) in [4.78, 5) is 17.4. The van der Waals surface area contributed by atoms with Gasteiger partial charge in [0.05, 0.1) is 5.25 Å². The Kier molecular flexibility index (Phi) is 6.38. The quantitative estimate of drug-likeness (QED) is 0.567. The van der Waals surface area contributed by atoms with Gasteiger partial charge in [0.1, 0.15) is 0 Å². The zero-order valence-corrected chi connectivity index (χ0v) is 18.3. The van der Waals surface area contributed by atoms with Crippen molar-refractivity contribution in [3.05, 3.63) is 60.7 Å². The van der Waals surface area contributed by atoms with Crippen LogP contribution in [0.15, 0.2) is 65.8 Å². The molecule has 3 aromatic rings. The molecule has 0 spiro atoms. The van der Waals surface area contributed by atoms with E-state index in [4.69, 9.17) is 0 Å². The average molecular weight is 422 g/mol. The highest BCUT2D eigenvalue weighted by molar-refractivity contribution is 8.00. The van der Waals surface area contributed by atoms with Crippen LogP contribution in [0.1, 0.15) is 13.8 Å². The minimum atomic E-state index is -0.202. The maximum Gasteiger partial charge on any atom is 0.236 e. The van der Waals surface area contributed by atoms with Crippen LogP contribution >= 0.6 is 11.8 Å². The van der Waals surface area contributed by atoms with E-state index in [1.54, 1.807) is 0 Å². The second kappa shape index (κ2) is 9.34. The minimum Gasteiger partial charge on any atom is -0.368 e. The fourth-order valence-corrected chi connectivity index (χ4v) is 4.75. The molecule has 30 heavy (non-hydrogen) atoms. The fourth-order valence-electron chi connectivity index (χ4n) is 3.75. The first-order valence-corrected chi connectivity index (χ1v) is 11.3. The number of rotatable bonds is 6. The summed E-state index contributed by atoms with van der Waals surface area (Å²) in [6.45, 7) is 8.01. The van der Waals surface area contributed by atoms with E-state index in [9.17, 15) is 4.79 Å². The van der Waals surface area contributed by atoms with E-state index in [1.807, 2.05) is 48.2 Å². The van der Waals surface area contributed by atoms with E-state index in [0.29, 0.717) is 0 Å². The number of benzene rings is 2. The van der Waals surface area contributed by atoms with Gasteiger partial charge in [-0.1, -0.05) is 60.3 Å². The molecule has 4 rings (SSSR count). The fraction of sp³-hybridized carbons (Fsp3) is 0.348. The van der Waals surface area contributed by atoms with Crippen LogP contribution in [0.2, 0.25) is 0 Å². The molecular weight excluding hydrogens is 394 g/mol. The molecule has 1 saturated heterocycles. The van der Waals surface area contributed by atoms with Crippen LogP contribution in [0.5, 0.6) is 0 Å². The predicted molar refractivity (Wildman–Crippen MR) is 122 cm³/mol. The number of aromatic nitrogens is 3. The number of piperazine rings is 1. The number of amides is 1. The zero-order valence-electron chi connectivity index (χ0n) is 17.4. The van der Waals surface area contributed by atoms with Crippen molar-refractivity contribution in [2.24, 2.45) is 0 Å². The summed E-state index contributed by atoms with van der Waals surface area (Å²) < 4.78 is 2.08. The Labute approximate surface area is 181 Å². The summed E-state index contributed by atoms with van der Waals surface area (Å²) in [5.41, 5.74) is 2.26. The molecule has 0 bridgehead atoms. The molecule has 6 nitrogen and oxygen atoms in total. The van der Waals surface area contributed by atoms with Crippen molar-refractivity contribution < 1.29 is 4.79 Å². The van der Waals surface area contributed by atoms with Crippen molar-refractivity contribution in [2.45, 2.75) is 30.8 Å². The molecule has 2 aromatic carbocycles. The van der Waals surface area contributed by atoms with Crippen molar-refractivity contribution in [3.63, 3.8) is 0 Å². The van der Waals surface area contributed by atoms with Crippen molar-refractivity contribution in [2.75, 3.05) is 31.1 Å². The van der Waals surface area contributed by atoms with E-state index in [2.05, 4.69) is 50.9 Å². The third kappa shape index (κ3) is 4.36. The van der Waals surface area contributed by atoms with Crippen LogP contribution in [0.3, 0.4) is 0 Å². The van der Waals surface area contributed by atoms with Crippen molar-refractivity contribution in [1.82, 2.24) is 19.7 Å². The number of hydrogen-bond acceptors (Lipinski definition) is 5. The monoisotopic (exact) mass is 421 g/mol. The van der Waals surface area contributed by atoms with Gasteiger partial charge in [-0.05, 0) is 26.0 Å². The lowest BCUT2D eigenvalue weighted by atomic mass is 10.2. The second-order valence-corrected chi connectivity index (χ2v) is 8.63. The van der Waals surface area contributed by atoms with Crippen molar-refractivity contribution >= 4 is 23.4 Å². The molecule has 1 atom stereocenters. The maximum atomic E-state index is 13.1. The first-order chi connectivity index (χ1) is 14.7. The Hall–Kier alpha value is -2.80. The SMILES string of the molecule is CCn1c(S[C@H](C)C(=O)N2CCN(c3ccccc3)CC2)nnc1-c1ccccc1. The molecular formula is C23H27N5OS. The molecule has 0 saturated carbocycles. The second-order valence-electron chi connectivity index (χ2n) is 7.32. The summed E-state index contributed by atoms with van der Waals surface area (Å²) in [5.74, 6) is 1.01. The van der Waals surface area contributed by atoms with E-state index in [0.717, 1.165) is 49.3 Å². The lowest BCUT2D eigenvalue weighted by Crippen LogP contribution is -2.50. The number of carbonyl (C=O) groups is 1. The van der Waals surface area contributed by atoms with Crippen LogP contribution in [0.4, 0.5) is 5.69 Å². The molecule has 1 amide bonds. The number of para-hydroxylation sites is 1. The van der Waals surface area contributed by atoms with Gasteiger partial charge < -0.3 is 14.4 Å². The highest BCUT2D eigenvalue weighted by Crippen LogP contribution is 2.28. The molecule has 0 unspecified atom stereocenters. The van der Waals surface area contributed by atoms with Gasteiger partial charge in [-0.25, -0.2) is 0 Å². The number of anilines is 1. The lowest BCUT2D eigenvalue weighted by molar-refractivity contribution is -0.130. The Morgan fingerprint density at radius 2 is 1.60 bits per heavy atom. The summed E-state index contributed by atoms with van der Waals surface area (Å²) in [6, 6.07) is 20.4. The van der Waals surface area contributed by atoms with Crippen LogP contribution in [-0.2, 0) is 11.3 Å².